The molecule has 0 spiro atoms. The largest absolute Gasteiger partial charge is 0.478 e. The van der Waals surface area contributed by atoms with Crippen LogP contribution in [-0.2, 0) is 4.79 Å². The van der Waals surface area contributed by atoms with Crippen molar-refractivity contribution >= 4 is 5.97 Å². The number of aliphatic carboxylic acids is 1. The zero-order valence-corrected chi connectivity index (χ0v) is 14.0. The molecule has 0 unspecified atom stereocenters. The van der Waals surface area contributed by atoms with Crippen LogP contribution in [0.25, 0.3) is 0 Å². The van der Waals surface area contributed by atoms with Crippen molar-refractivity contribution < 1.29 is 9.90 Å². The van der Waals surface area contributed by atoms with Gasteiger partial charge >= 0.3 is 5.97 Å². The molecular formula is C19H40O2. The highest BCUT2D eigenvalue weighted by Gasteiger charge is 1.92. The molecule has 0 aliphatic heterocycles. The number of carboxylic acid groups (broad SMARTS) is 1. The fourth-order valence-corrected chi connectivity index (χ4v) is 1.91. The third-order valence-corrected chi connectivity index (χ3v) is 3.32. The van der Waals surface area contributed by atoms with Crippen LogP contribution in [0.3, 0.4) is 0 Å². The molecule has 0 saturated heterocycles. The average molecular weight is 301 g/mol. The van der Waals surface area contributed by atoms with Gasteiger partial charge in [-0.1, -0.05) is 105 Å². The molecule has 0 atom stereocenters. The molecule has 0 heterocycles. The molecule has 2 nitrogen and oxygen atoms in total. The lowest BCUT2D eigenvalue weighted by molar-refractivity contribution is -0.132. The lowest BCUT2D eigenvalue weighted by Gasteiger charge is -2.01. The quantitative estimate of drug-likeness (QED) is 0.311. The van der Waals surface area contributed by atoms with Gasteiger partial charge in [0.1, 0.15) is 0 Å². The SMILES string of the molecule is C.C=C(C)C(=O)O.CCCCCCCCCCCCCC. The van der Waals surface area contributed by atoms with Crippen molar-refractivity contribution in [2.75, 3.05) is 0 Å². The van der Waals surface area contributed by atoms with Crippen LogP contribution in [0.5, 0.6) is 0 Å². The number of carboxylic acids is 1. The van der Waals surface area contributed by atoms with Gasteiger partial charge in [0.25, 0.3) is 0 Å². The minimum Gasteiger partial charge on any atom is -0.478 e. The zero-order valence-electron chi connectivity index (χ0n) is 14.0. The Morgan fingerprint density at radius 1 is 0.762 bits per heavy atom. The molecule has 21 heavy (non-hydrogen) atoms. The third kappa shape index (κ3) is 28.2. The van der Waals surface area contributed by atoms with Gasteiger partial charge in [-0.05, 0) is 6.92 Å². The fraction of sp³-hybridized carbons (Fsp3) is 0.842. The number of rotatable bonds is 12. The minimum absolute atomic E-state index is 0. The maximum Gasteiger partial charge on any atom is 0.330 e. The van der Waals surface area contributed by atoms with Crippen LogP contribution in [0.1, 0.15) is 105 Å². The maximum absolute atomic E-state index is 9.60. The molecule has 2 heteroatoms. The molecule has 1 N–H and O–H groups in total. The fourth-order valence-electron chi connectivity index (χ4n) is 1.91. The Kier molecular flexibility index (Phi) is 25.8. The first kappa shape index (κ1) is 25.2. The molecule has 0 aromatic heterocycles. The van der Waals surface area contributed by atoms with E-state index < -0.39 is 5.97 Å². The van der Waals surface area contributed by atoms with Crippen molar-refractivity contribution in [3.05, 3.63) is 12.2 Å². The number of unbranched alkanes of at least 4 members (excludes halogenated alkanes) is 11. The van der Waals surface area contributed by atoms with E-state index in [1.54, 1.807) is 0 Å². The Bertz CT molecular complexity index is 198. The van der Waals surface area contributed by atoms with Crippen molar-refractivity contribution in [1.82, 2.24) is 0 Å². The second-order valence-electron chi connectivity index (χ2n) is 5.62. The summed E-state index contributed by atoms with van der Waals surface area (Å²) in [5.41, 5.74) is 0.176. The Morgan fingerprint density at radius 2 is 0.952 bits per heavy atom. The monoisotopic (exact) mass is 300 g/mol. The van der Waals surface area contributed by atoms with E-state index in [1.807, 2.05) is 0 Å². The van der Waals surface area contributed by atoms with Gasteiger partial charge in [0.2, 0.25) is 0 Å². The van der Waals surface area contributed by atoms with E-state index in [1.165, 1.54) is 84.0 Å². The number of hydrogen-bond donors (Lipinski definition) is 1. The lowest BCUT2D eigenvalue weighted by atomic mass is 10.1. The summed E-state index contributed by atoms with van der Waals surface area (Å²) in [5, 5.41) is 7.89. The van der Waals surface area contributed by atoms with E-state index in [4.69, 9.17) is 5.11 Å². The first-order valence-corrected chi connectivity index (χ1v) is 8.45. The first-order valence-electron chi connectivity index (χ1n) is 8.45. The second kappa shape index (κ2) is 21.5. The standard InChI is InChI=1S/C14H30.C4H6O2.CH4/c1-3-5-7-9-11-13-14-12-10-8-6-4-2;1-3(2)4(5)6;/h3-14H2,1-2H3;1H2,2H3,(H,5,6);1H4. The summed E-state index contributed by atoms with van der Waals surface area (Å²) >= 11 is 0. The average Bonchev–Trinajstić information content (AvgIpc) is 2.41. The Hall–Kier alpha value is -0.790. The smallest absolute Gasteiger partial charge is 0.330 e. The molecule has 0 aliphatic rings. The molecule has 0 bridgehead atoms. The number of carbonyl (C=O) groups is 1. The van der Waals surface area contributed by atoms with E-state index in [0.717, 1.165) is 0 Å². The van der Waals surface area contributed by atoms with Crippen molar-refractivity contribution in [2.24, 2.45) is 0 Å². The highest BCUT2D eigenvalue weighted by Crippen LogP contribution is 2.11. The minimum atomic E-state index is -0.935. The zero-order chi connectivity index (χ0) is 15.6. The Balaban J connectivity index is -0.000000394. The van der Waals surface area contributed by atoms with Gasteiger partial charge in [0, 0.05) is 5.57 Å². The molecule has 0 saturated carbocycles. The highest BCUT2D eigenvalue weighted by atomic mass is 16.4. The Morgan fingerprint density at radius 3 is 1.10 bits per heavy atom. The lowest BCUT2D eigenvalue weighted by Crippen LogP contribution is -1.92. The third-order valence-electron chi connectivity index (χ3n) is 3.32. The van der Waals surface area contributed by atoms with Gasteiger partial charge in [-0.3, -0.25) is 0 Å². The van der Waals surface area contributed by atoms with Gasteiger partial charge in [0.05, 0.1) is 0 Å². The van der Waals surface area contributed by atoms with Gasteiger partial charge in [-0.2, -0.15) is 0 Å². The van der Waals surface area contributed by atoms with Crippen LogP contribution >= 0.6 is 0 Å². The van der Waals surface area contributed by atoms with Crippen LogP contribution in [0.15, 0.2) is 12.2 Å². The van der Waals surface area contributed by atoms with E-state index in [-0.39, 0.29) is 13.0 Å². The number of hydrogen-bond acceptors (Lipinski definition) is 1. The van der Waals surface area contributed by atoms with E-state index in [2.05, 4.69) is 20.4 Å². The van der Waals surface area contributed by atoms with Crippen molar-refractivity contribution in [1.29, 1.82) is 0 Å². The van der Waals surface area contributed by atoms with Crippen molar-refractivity contribution in [3.63, 3.8) is 0 Å². The molecule has 0 fully saturated rings. The van der Waals surface area contributed by atoms with Gasteiger partial charge in [-0.25, -0.2) is 4.79 Å². The van der Waals surface area contributed by atoms with Gasteiger partial charge in [-0.15, -0.1) is 0 Å². The van der Waals surface area contributed by atoms with Crippen molar-refractivity contribution in [2.45, 2.75) is 105 Å². The topological polar surface area (TPSA) is 37.3 Å². The first-order chi connectivity index (χ1) is 9.56. The molecule has 0 aliphatic carbocycles. The van der Waals surface area contributed by atoms with Crippen LogP contribution in [0.2, 0.25) is 0 Å². The van der Waals surface area contributed by atoms with E-state index in [9.17, 15) is 4.79 Å². The molecule has 0 aromatic rings. The molecule has 0 amide bonds. The summed E-state index contributed by atoms with van der Waals surface area (Å²) in [6.07, 6.45) is 17.4. The van der Waals surface area contributed by atoms with Gasteiger partial charge in [0.15, 0.2) is 0 Å². The van der Waals surface area contributed by atoms with E-state index in [0.29, 0.717) is 0 Å². The van der Waals surface area contributed by atoms with Crippen LogP contribution in [-0.4, -0.2) is 11.1 Å². The maximum atomic E-state index is 9.60. The van der Waals surface area contributed by atoms with E-state index >= 15 is 0 Å². The normalized spacial score (nSPS) is 9.29. The molecule has 0 radical (unpaired) electrons. The predicted octanol–water partition coefficient (Wildman–Crippen LogP) is 6.99. The summed E-state index contributed by atoms with van der Waals surface area (Å²) < 4.78 is 0. The predicted molar refractivity (Wildman–Crippen MR) is 95.9 cm³/mol. The Labute approximate surface area is 134 Å². The van der Waals surface area contributed by atoms with Crippen LogP contribution in [0.4, 0.5) is 0 Å². The summed E-state index contributed by atoms with van der Waals surface area (Å²) in [5.74, 6) is -0.935. The highest BCUT2D eigenvalue weighted by molar-refractivity contribution is 5.84. The molecule has 0 aromatic carbocycles. The summed E-state index contributed by atoms with van der Waals surface area (Å²) in [4.78, 5) is 9.60. The van der Waals surface area contributed by atoms with Crippen LogP contribution < -0.4 is 0 Å². The molecule has 0 rings (SSSR count). The second-order valence-corrected chi connectivity index (χ2v) is 5.62. The molecular weight excluding hydrogens is 260 g/mol. The van der Waals surface area contributed by atoms with Gasteiger partial charge < -0.3 is 5.11 Å². The molecule has 128 valence electrons. The summed E-state index contributed by atoms with van der Waals surface area (Å²) in [6, 6.07) is 0. The van der Waals surface area contributed by atoms with Crippen LogP contribution in [0, 0.1) is 0 Å². The van der Waals surface area contributed by atoms with Crippen molar-refractivity contribution in [3.8, 4) is 0 Å². The summed E-state index contributed by atoms with van der Waals surface area (Å²) in [7, 11) is 0. The summed E-state index contributed by atoms with van der Waals surface area (Å²) in [6.45, 7) is 9.17.